The average molecular weight is 308 g/mol. The molecule has 1 saturated heterocycles. The minimum Gasteiger partial charge on any atom is -0.361 e. The molecule has 20 heavy (non-hydrogen) atoms. The second-order valence-electron chi connectivity index (χ2n) is 5.43. The van der Waals surface area contributed by atoms with Crippen molar-refractivity contribution in [3.05, 3.63) is 28.3 Å². The molecule has 2 rings (SSSR count). The summed E-state index contributed by atoms with van der Waals surface area (Å²) in [5.74, 6) is 1.72. The van der Waals surface area contributed by atoms with E-state index in [2.05, 4.69) is 30.2 Å². The van der Waals surface area contributed by atoms with Crippen molar-refractivity contribution in [1.82, 2.24) is 5.32 Å². The van der Waals surface area contributed by atoms with Gasteiger partial charge in [-0.25, -0.2) is 4.99 Å². The van der Waals surface area contributed by atoms with Crippen molar-refractivity contribution in [3.63, 3.8) is 0 Å². The van der Waals surface area contributed by atoms with Gasteiger partial charge in [0.1, 0.15) is 0 Å². The van der Waals surface area contributed by atoms with Gasteiger partial charge in [0, 0.05) is 11.8 Å². The van der Waals surface area contributed by atoms with Gasteiger partial charge >= 0.3 is 0 Å². The van der Waals surface area contributed by atoms with Gasteiger partial charge in [0.05, 0.1) is 22.3 Å². The highest BCUT2D eigenvalue weighted by atomic mass is 35.5. The van der Waals surface area contributed by atoms with Crippen molar-refractivity contribution >= 4 is 34.2 Å². The summed E-state index contributed by atoms with van der Waals surface area (Å²) in [6, 6.07) is 6.07. The van der Waals surface area contributed by atoms with Crippen LogP contribution in [0.5, 0.6) is 0 Å². The van der Waals surface area contributed by atoms with Crippen molar-refractivity contribution < 1.29 is 0 Å². The second-order valence-corrected chi connectivity index (χ2v) is 6.85. The lowest BCUT2D eigenvalue weighted by atomic mass is 10.1. The van der Waals surface area contributed by atoms with Crippen LogP contribution in [-0.4, -0.2) is 17.0 Å². The maximum atomic E-state index is 8.92. The molecule has 1 aromatic rings. The second kappa shape index (κ2) is 6.51. The van der Waals surface area contributed by atoms with Crippen LogP contribution in [0.1, 0.15) is 31.4 Å². The van der Waals surface area contributed by atoms with Crippen molar-refractivity contribution in [2.24, 2.45) is 10.9 Å². The molecule has 0 saturated carbocycles. The number of halogens is 1. The average Bonchev–Trinajstić information content (AvgIpc) is 2.80. The van der Waals surface area contributed by atoms with Gasteiger partial charge in [-0.3, -0.25) is 0 Å². The molecule has 1 heterocycles. The third-order valence-corrected chi connectivity index (χ3v) is 4.44. The Bertz CT molecular complexity index is 552. The summed E-state index contributed by atoms with van der Waals surface area (Å²) in [7, 11) is 0. The number of nitriles is 1. The Balaban J connectivity index is 2.18. The molecule has 106 valence electrons. The van der Waals surface area contributed by atoms with Gasteiger partial charge in [0.2, 0.25) is 0 Å². The molecular formula is C15H18ClN3S. The van der Waals surface area contributed by atoms with Crippen LogP contribution in [0.4, 0.5) is 5.69 Å². The lowest BCUT2D eigenvalue weighted by Gasteiger charge is -2.12. The first-order chi connectivity index (χ1) is 9.49. The number of aliphatic imine (C=N–C) groups is 1. The SMILES string of the molecule is Cc1cc(C#N)cc(Cl)c1/N=C1/N[C@@H](CC(C)C)CS1. The molecule has 1 atom stereocenters. The maximum absolute atomic E-state index is 8.92. The van der Waals surface area contributed by atoms with Crippen LogP contribution < -0.4 is 5.32 Å². The van der Waals surface area contributed by atoms with Crippen LogP contribution in [0.25, 0.3) is 0 Å². The van der Waals surface area contributed by atoms with E-state index in [1.807, 2.05) is 13.0 Å². The number of hydrogen-bond donors (Lipinski definition) is 1. The normalized spacial score (nSPS) is 20.2. The van der Waals surface area contributed by atoms with Crippen LogP contribution in [0.3, 0.4) is 0 Å². The van der Waals surface area contributed by atoms with Crippen molar-refractivity contribution in [2.75, 3.05) is 5.75 Å². The van der Waals surface area contributed by atoms with E-state index in [9.17, 15) is 0 Å². The first-order valence-corrected chi connectivity index (χ1v) is 8.04. The van der Waals surface area contributed by atoms with Gasteiger partial charge in [0.15, 0.2) is 5.17 Å². The Morgan fingerprint density at radius 2 is 2.30 bits per heavy atom. The molecule has 0 amide bonds. The molecule has 0 bridgehead atoms. The summed E-state index contributed by atoms with van der Waals surface area (Å²) in [6.45, 7) is 6.38. The third kappa shape index (κ3) is 3.68. The smallest absolute Gasteiger partial charge is 0.162 e. The Labute approximate surface area is 129 Å². The fraction of sp³-hybridized carbons (Fsp3) is 0.467. The van der Waals surface area contributed by atoms with Gasteiger partial charge < -0.3 is 5.32 Å². The minimum absolute atomic E-state index is 0.483. The first kappa shape index (κ1) is 15.2. The molecule has 1 N–H and O–H groups in total. The maximum Gasteiger partial charge on any atom is 0.162 e. The summed E-state index contributed by atoms with van der Waals surface area (Å²) in [6.07, 6.45) is 1.14. The van der Waals surface area contributed by atoms with E-state index in [1.54, 1.807) is 17.8 Å². The molecule has 1 aromatic carbocycles. The summed E-state index contributed by atoms with van der Waals surface area (Å²) >= 11 is 7.95. The van der Waals surface area contributed by atoms with Crippen molar-refractivity contribution in [3.8, 4) is 6.07 Å². The molecule has 1 aliphatic rings. The number of benzene rings is 1. The number of rotatable bonds is 3. The fourth-order valence-electron chi connectivity index (χ4n) is 2.24. The van der Waals surface area contributed by atoms with Crippen LogP contribution in [0.15, 0.2) is 17.1 Å². The summed E-state index contributed by atoms with van der Waals surface area (Å²) in [5.41, 5.74) is 2.25. The molecule has 0 radical (unpaired) electrons. The van der Waals surface area contributed by atoms with Gasteiger partial charge in [-0.15, -0.1) is 0 Å². The summed E-state index contributed by atoms with van der Waals surface area (Å²) in [5, 5.41) is 13.8. The Hall–Kier alpha value is -1.18. The van der Waals surface area contributed by atoms with Crippen LogP contribution in [-0.2, 0) is 0 Å². The number of hydrogen-bond acceptors (Lipinski definition) is 3. The summed E-state index contributed by atoms with van der Waals surface area (Å²) < 4.78 is 0. The lowest BCUT2D eigenvalue weighted by Crippen LogP contribution is -2.28. The highest BCUT2D eigenvalue weighted by Crippen LogP contribution is 2.32. The van der Waals surface area contributed by atoms with Crippen LogP contribution in [0, 0.1) is 24.2 Å². The van der Waals surface area contributed by atoms with E-state index in [1.165, 1.54) is 0 Å². The molecule has 0 aliphatic carbocycles. The molecule has 0 aromatic heterocycles. The van der Waals surface area contributed by atoms with Gasteiger partial charge in [-0.1, -0.05) is 37.2 Å². The van der Waals surface area contributed by atoms with Gasteiger partial charge in [0.25, 0.3) is 0 Å². The molecule has 0 spiro atoms. The standard InChI is InChI=1S/C15H18ClN3S/c1-9(2)4-12-8-20-15(18-12)19-14-10(3)5-11(7-17)6-13(14)16/h5-6,9,12H,4,8H2,1-3H3,(H,18,19)/t12-/m0/s1. The Morgan fingerprint density at radius 3 is 2.90 bits per heavy atom. The summed E-state index contributed by atoms with van der Waals surface area (Å²) in [4.78, 5) is 4.62. The van der Waals surface area contributed by atoms with E-state index in [0.29, 0.717) is 22.5 Å². The number of aryl methyl sites for hydroxylation is 1. The van der Waals surface area contributed by atoms with Crippen molar-refractivity contribution in [2.45, 2.75) is 33.2 Å². The zero-order chi connectivity index (χ0) is 14.7. The van der Waals surface area contributed by atoms with E-state index >= 15 is 0 Å². The highest BCUT2D eigenvalue weighted by Gasteiger charge is 2.21. The molecule has 3 nitrogen and oxygen atoms in total. The highest BCUT2D eigenvalue weighted by molar-refractivity contribution is 8.14. The predicted octanol–water partition coefficient (Wildman–Crippen LogP) is 4.26. The van der Waals surface area contributed by atoms with E-state index in [0.717, 1.165) is 28.6 Å². The molecule has 0 unspecified atom stereocenters. The van der Waals surface area contributed by atoms with Crippen molar-refractivity contribution in [1.29, 1.82) is 5.26 Å². The number of nitrogens with zero attached hydrogens (tertiary/aromatic N) is 2. The fourth-order valence-corrected chi connectivity index (χ4v) is 3.54. The van der Waals surface area contributed by atoms with Crippen LogP contribution >= 0.6 is 23.4 Å². The topological polar surface area (TPSA) is 48.2 Å². The largest absolute Gasteiger partial charge is 0.361 e. The van der Waals surface area contributed by atoms with Gasteiger partial charge in [-0.2, -0.15) is 5.26 Å². The lowest BCUT2D eigenvalue weighted by molar-refractivity contribution is 0.503. The van der Waals surface area contributed by atoms with E-state index in [4.69, 9.17) is 16.9 Å². The molecule has 1 fully saturated rings. The minimum atomic E-state index is 0.483. The van der Waals surface area contributed by atoms with Crippen LogP contribution in [0.2, 0.25) is 5.02 Å². The predicted molar refractivity (Wildman–Crippen MR) is 86.8 cm³/mol. The monoisotopic (exact) mass is 307 g/mol. The van der Waals surface area contributed by atoms with Gasteiger partial charge in [-0.05, 0) is 37.0 Å². The quantitative estimate of drug-likeness (QED) is 0.907. The Kier molecular flexibility index (Phi) is 4.95. The number of thioether (sulfide) groups is 1. The Morgan fingerprint density at radius 1 is 1.55 bits per heavy atom. The number of nitrogens with one attached hydrogen (secondary N) is 1. The number of amidine groups is 1. The molecule has 1 aliphatic heterocycles. The molecule has 5 heteroatoms. The zero-order valence-electron chi connectivity index (χ0n) is 11.9. The van der Waals surface area contributed by atoms with E-state index < -0.39 is 0 Å². The zero-order valence-corrected chi connectivity index (χ0v) is 13.5. The first-order valence-electron chi connectivity index (χ1n) is 6.68. The molecular weight excluding hydrogens is 290 g/mol. The third-order valence-electron chi connectivity index (χ3n) is 3.10. The van der Waals surface area contributed by atoms with E-state index in [-0.39, 0.29) is 0 Å².